The molecule has 0 aromatic carbocycles. The first-order valence-electron chi connectivity index (χ1n) is 7.55. The maximum Gasteiger partial charge on any atom is 0.222 e. The zero-order chi connectivity index (χ0) is 13.5. The molecule has 0 aliphatic carbocycles. The molecule has 2 unspecified atom stereocenters. The molecule has 1 fully saturated rings. The Labute approximate surface area is 112 Å². The summed E-state index contributed by atoms with van der Waals surface area (Å²) in [5.41, 5.74) is 5.75. The van der Waals surface area contributed by atoms with Crippen molar-refractivity contribution in [3.63, 3.8) is 0 Å². The lowest BCUT2D eigenvalue weighted by atomic mass is 9.98. The Morgan fingerprint density at radius 1 is 1.28 bits per heavy atom. The molecule has 0 spiro atoms. The first-order chi connectivity index (χ1) is 8.50. The summed E-state index contributed by atoms with van der Waals surface area (Å²) < 4.78 is 0. The third kappa shape index (κ3) is 5.38. The minimum atomic E-state index is 0.129. The van der Waals surface area contributed by atoms with E-state index in [1.165, 1.54) is 25.7 Å². The lowest BCUT2D eigenvalue weighted by Crippen LogP contribution is -2.41. The highest BCUT2D eigenvalue weighted by Gasteiger charge is 2.25. The van der Waals surface area contributed by atoms with Crippen LogP contribution in [0.25, 0.3) is 0 Å². The van der Waals surface area contributed by atoms with Gasteiger partial charge in [-0.2, -0.15) is 0 Å². The van der Waals surface area contributed by atoms with Gasteiger partial charge in [-0.25, -0.2) is 0 Å². The van der Waals surface area contributed by atoms with Crippen molar-refractivity contribution in [1.29, 1.82) is 0 Å². The third-order valence-electron chi connectivity index (χ3n) is 3.75. The van der Waals surface area contributed by atoms with E-state index in [1.807, 2.05) is 6.92 Å². The molecule has 1 heterocycles. The number of hydrogen-bond donors (Lipinski definition) is 1. The van der Waals surface area contributed by atoms with Crippen molar-refractivity contribution >= 4 is 5.91 Å². The van der Waals surface area contributed by atoms with Crippen LogP contribution in [0.1, 0.15) is 65.7 Å². The molecule has 2 N–H and O–H groups in total. The van der Waals surface area contributed by atoms with E-state index >= 15 is 0 Å². The maximum atomic E-state index is 12.3. The summed E-state index contributed by atoms with van der Waals surface area (Å²) in [6.07, 6.45) is 7.46. The molecule has 2 atom stereocenters. The molecule has 0 aromatic heterocycles. The highest BCUT2D eigenvalue weighted by molar-refractivity contribution is 5.76. The molecule has 0 radical (unpaired) electrons. The predicted molar refractivity (Wildman–Crippen MR) is 76.3 cm³/mol. The van der Waals surface area contributed by atoms with Crippen molar-refractivity contribution in [2.45, 2.75) is 77.8 Å². The van der Waals surface area contributed by atoms with Gasteiger partial charge in [-0.1, -0.05) is 26.7 Å². The first kappa shape index (κ1) is 15.5. The van der Waals surface area contributed by atoms with E-state index in [0.717, 1.165) is 19.4 Å². The number of hydrogen-bond acceptors (Lipinski definition) is 2. The number of amides is 1. The molecule has 0 aromatic rings. The van der Waals surface area contributed by atoms with E-state index in [-0.39, 0.29) is 6.04 Å². The van der Waals surface area contributed by atoms with Gasteiger partial charge in [0.25, 0.3) is 0 Å². The van der Waals surface area contributed by atoms with Gasteiger partial charge >= 0.3 is 0 Å². The van der Waals surface area contributed by atoms with Crippen LogP contribution < -0.4 is 5.73 Å². The van der Waals surface area contributed by atoms with Crippen LogP contribution in [0.4, 0.5) is 0 Å². The molecule has 3 nitrogen and oxygen atoms in total. The Morgan fingerprint density at radius 3 is 2.61 bits per heavy atom. The quantitative estimate of drug-likeness (QED) is 0.820. The standard InChI is InChI=1S/C15H30N2O/c1-12(2)11-14-7-5-4-6-10-17(14)15(18)9-8-13(3)16/h12-14H,4-11,16H2,1-3H3. The average molecular weight is 254 g/mol. The Hall–Kier alpha value is -0.570. The van der Waals surface area contributed by atoms with E-state index in [9.17, 15) is 4.79 Å². The molecule has 3 heteroatoms. The number of carbonyl (C=O) groups is 1. The van der Waals surface area contributed by atoms with Gasteiger partial charge in [-0.05, 0) is 38.5 Å². The fraction of sp³-hybridized carbons (Fsp3) is 0.933. The van der Waals surface area contributed by atoms with Crippen LogP contribution in [0.5, 0.6) is 0 Å². The highest BCUT2D eigenvalue weighted by atomic mass is 16.2. The Kier molecular flexibility index (Phi) is 6.69. The van der Waals surface area contributed by atoms with Gasteiger partial charge in [-0.15, -0.1) is 0 Å². The summed E-state index contributed by atoms with van der Waals surface area (Å²) in [4.78, 5) is 14.5. The Bertz CT molecular complexity index is 251. The minimum Gasteiger partial charge on any atom is -0.340 e. The number of likely N-dealkylation sites (tertiary alicyclic amines) is 1. The van der Waals surface area contributed by atoms with E-state index < -0.39 is 0 Å². The van der Waals surface area contributed by atoms with Crippen LogP contribution in [0, 0.1) is 5.92 Å². The summed E-state index contributed by atoms with van der Waals surface area (Å²) in [7, 11) is 0. The molecule has 1 aliphatic rings. The van der Waals surface area contributed by atoms with Crippen molar-refractivity contribution in [3.05, 3.63) is 0 Å². The summed E-state index contributed by atoms with van der Waals surface area (Å²) in [6, 6.07) is 0.595. The minimum absolute atomic E-state index is 0.129. The monoisotopic (exact) mass is 254 g/mol. The van der Waals surface area contributed by atoms with Gasteiger partial charge in [0.1, 0.15) is 0 Å². The van der Waals surface area contributed by atoms with E-state index in [4.69, 9.17) is 5.73 Å². The zero-order valence-corrected chi connectivity index (χ0v) is 12.3. The fourth-order valence-corrected chi connectivity index (χ4v) is 2.79. The number of nitrogens with two attached hydrogens (primary N) is 1. The lowest BCUT2D eigenvalue weighted by Gasteiger charge is -2.31. The van der Waals surface area contributed by atoms with Crippen molar-refractivity contribution in [3.8, 4) is 0 Å². The molecule has 106 valence electrons. The van der Waals surface area contributed by atoms with Crippen LogP contribution in [0.15, 0.2) is 0 Å². The highest BCUT2D eigenvalue weighted by Crippen LogP contribution is 2.23. The normalized spacial score (nSPS) is 22.9. The average Bonchev–Trinajstić information content (AvgIpc) is 2.50. The van der Waals surface area contributed by atoms with Gasteiger partial charge < -0.3 is 10.6 Å². The van der Waals surface area contributed by atoms with Crippen molar-refractivity contribution < 1.29 is 4.79 Å². The van der Waals surface area contributed by atoms with Gasteiger partial charge in [0.2, 0.25) is 5.91 Å². The molecule has 1 amide bonds. The molecule has 1 aliphatic heterocycles. The van der Waals surface area contributed by atoms with Crippen molar-refractivity contribution in [1.82, 2.24) is 4.90 Å². The second-order valence-corrected chi connectivity index (χ2v) is 6.24. The molecule has 18 heavy (non-hydrogen) atoms. The number of rotatable bonds is 5. The molecule has 0 bridgehead atoms. The van der Waals surface area contributed by atoms with Crippen LogP contribution in [-0.4, -0.2) is 29.4 Å². The smallest absolute Gasteiger partial charge is 0.222 e. The Morgan fingerprint density at radius 2 is 2.00 bits per heavy atom. The molecule has 0 saturated carbocycles. The topological polar surface area (TPSA) is 46.3 Å². The first-order valence-corrected chi connectivity index (χ1v) is 7.55. The predicted octanol–water partition coefficient (Wildman–Crippen LogP) is 2.93. The SMILES string of the molecule is CC(C)CC1CCCCCN1C(=O)CCC(C)N. The molecular formula is C15H30N2O. The van der Waals surface area contributed by atoms with Crippen LogP contribution in [0.3, 0.4) is 0 Å². The second kappa shape index (κ2) is 7.78. The molecule has 1 saturated heterocycles. The number of nitrogens with zero attached hydrogens (tertiary/aromatic N) is 1. The van der Waals surface area contributed by atoms with Crippen LogP contribution in [0.2, 0.25) is 0 Å². The van der Waals surface area contributed by atoms with Crippen molar-refractivity contribution in [2.24, 2.45) is 11.7 Å². The second-order valence-electron chi connectivity index (χ2n) is 6.24. The van der Waals surface area contributed by atoms with Crippen LogP contribution >= 0.6 is 0 Å². The maximum absolute atomic E-state index is 12.3. The van der Waals surface area contributed by atoms with E-state index in [2.05, 4.69) is 18.7 Å². The zero-order valence-electron chi connectivity index (χ0n) is 12.3. The van der Waals surface area contributed by atoms with Gasteiger partial charge in [-0.3, -0.25) is 4.79 Å². The van der Waals surface area contributed by atoms with Gasteiger partial charge in [0.05, 0.1) is 0 Å². The fourth-order valence-electron chi connectivity index (χ4n) is 2.79. The third-order valence-corrected chi connectivity index (χ3v) is 3.75. The van der Waals surface area contributed by atoms with E-state index in [1.54, 1.807) is 0 Å². The summed E-state index contributed by atoms with van der Waals surface area (Å²) in [5.74, 6) is 0.983. The van der Waals surface area contributed by atoms with Gasteiger partial charge in [0, 0.05) is 25.0 Å². The Balaban J connectivity index is 2.57. The van der Waals surface area contributed by atoms with Crippen molar-refractivity contribution in [2.75, 3.05) is 6.54 Å². The van der Waals surface area contributed by atoms with Crippen LogP contribution in [-0.2, 0) is 4.79 Å². The summed E-state index contributed by atoms with van der Waals surface area (Å²) in [6.45, 7) is 7.42. The lowest BCUT2D eigenvalue weighted by molar-refractivity contribution is -0.134. The summed E-state index contributed by atoms with van der Waals surface area (Å²) >= 11 is 0. The number of carbonyl (C=O) groups excluding carboxylic acids is 1. The molecule has 1 rings (SSSR count). The van der Waals surface area contributed by atoms with E-state index in [0.29, 0.717) is 24.3 Å². The van der Waals surface area contributed by atoms with Gasteiger partial charge in [0.15, 0.2) is 0 Å². The largest absolute Gasteiger partial charge is 0.340 e. The molecular weight excluding hydrogens is 224 g/mol. The summed E-state index contributed by atoms with van der Waals surface area (Å²) in [5, 5.41) is 0.